The molecule has 5 rings (SSSR count). The predicted molar refractivity (Wildman–Crippen MR) is 165 cm³/mol. The normalized spacial score (nSPS) is 20.0. The number of nitrogens with zero attached hydrogens (tertiary/aromatic N) is 3. The summed E-state index contributed by atoms with van der Waals surface area (Å²) >= 11 is 0. The van der Waals surface area contributed by atoms with E-state index >= 15 is 0 Å². The first kappa shape index (κ1) is 31.0. The molecule has 1 saturated heterocycles. The first-order valence-corrected chi connectivity index (χ1v) is 15.2. The molecule has 7 nitrogen and oxygen atoms in total. The molecule has 1 aromatic carbocycles. The second-order valence-corrected chi connectivity index (χ2v) is 13.2. The van der Waals surface area contributed by atoms with Gasteiger partial charge in [-0.2, -0.15) is 0 Å². The molecule has 43 heavy (non-hydrogen) atoms. The van der Waals surface area contributed by atoms with Gasteiger partial charge in [0.25, 0.3) is 0 Å². The van der Waals surface area contributed by atoms with Crippen molar-refractivity contribution >= 4 is 12.0 Å². The molecule has 0 radical (unpaired) electrons. The molecule has 0 unspecified atom stereocenters. The summed E-state index contributed by atoms with van der Waals surface area (Å²) in [6, 6.07) is 6.68. The largest absolute Gasteiger partial charge is 0.460 e. The summed E-state index contributed by atoms with van der Waals surface area (Å²) in [5, 5.41) is 0. The average molecular weight is 588 g/mol. The lowest BCUT2D eigenvalue weighted by Gasteiger charge is -2.39. The van der Waals surface area contributed by atoms with E-state index in [1.807, 2.05) is 59.0 Å². The quantitative estimate of drug-likeness (QED) is 0.275. The van der Waals surface area contributed by atoms with Gasteiger partial charge >= 0.3 is 5.97 Å². The molecule has 0 saturated carbocycles. The third-order valence-electron chi connectivity index (χ3n) is 7.61. The third kappa shape index (κ3) is 7.36. The Morgan fingerprint density at radius 1 is 1.16 bits per heavy atom. The Labute approximate surface area is 253 Å². The number of benzene rings is 1. The minimum Gasteiger partial charge on any atom is -0.460 e. The Kier molecular flexibility index (Phi) is 8.82. The molecule has 1 fully saturated rings. The van der Waals surface area contributed by atoms with Crippen LogP contribution in [0.25, 0.3) is 28.5 Å². The van der Waals surface area contributed by atoms with Crippen molar-refractivity contribution in [3.63, 3.8) is 0 Å². The van der Waals surface area contributed by atoms with Crippen molar-refractivity contribution in [2.45, 2.75) is 110 Å². The zero-order valence-corrected chi connectivity index (χ0v) is 26.2. The summed E-state index contributed by atoms with van der Waals surface area (Å²) in [5.41, 5.74) is 7.28. The van der Waals surface area contributed by atoms with Crippen molar-refractivity contribution in [1.29, 1.82) is 0 Å². The van der Waals surface area contributed by atoms with Gasteiger partial charge in [-0.25, -0.2) is 14.4 Å². The molecule has 228 valence electrons. The van der Waals surface area contributed by atoms with Gasteiger partial charge in [-0.15, -0.1) is 0 Å². The second-order valence-electron chi connectivity index (χ2n) is 13.2. The Hall–Kier alpha value is -3.49. The smallest absolute Gasteiger partial charge is 0.308 e. The van der Waals surface area contributed by atoms with Crippen LogP contribution in [0.15, 0.2) is 42.9 Å². The number of fused-ring (bicyclic) bond motifs is 3. The van der Waals surface area contributed by atoms with E-state index < -0.39 is 11.4 Å². The van der Waals surface area contributed by atoms with Crippen LogP contribution in [-0.2, 0) is 31.8 Å². The van der Waals surface area contributed by atoms with Crippen molar-refractivity contribution in [1.82, 2.24) is 15.0 Å². The fraction of sp³-hybridized carbons (Fsp3) is 0.486. The topological polar surface area (TPSA) is 83.4 Å². The van der Waals surface area contributed by atoms with Gasteiger partial charge in [0.05, 0.1) is 35.7 Å². The Balaban J connectivity index is 1.59. The number of pyridine rings is 1. The molecule has 0 N–H and O–H groups in total. The number of aryl methyl sites for hydroxylation is 1. The first-order chi connectivity index (χ1) is 20.3. The molecule has 2 atom stereocenters. The highest BCUT2D eigenvalue weighted by atomic mass is 19.1. The van der Waals surface area contributed by atoms with Gasteiger partial charge in [-0.3, -0.25) is 9.78 Å². The van der Waals surface area contributed by atoms with Gasteiger partial charge in [-0.05, 0) is 88.6 Å². The van der Waals surface area contributed by atoms with E-state index in [9.17, 15) is 9.18 Å². The number of rotatable bonds is 6. The number of halogens is 1. The third-order valence-corrected chi connectivity index (χ3v) is 7.61. The lowest BCUT2D eigenvalue weighted by atomic mass is 9.86. The Morgan fingerprint density at radius 3 is 2.60 bits per heavy atom. The van der Waals surface area contributed by atoms with Crippen molar-refractivity contribution in [2.24, 2.45) is 0 Å². The van der Waals surface area contributed by atoms with Crippen LogP contribution >= 0.6 is 0 Å². The minimum absolute atomic E-state index is 0.104. The first-order valence-electron chi connectivity index (χ1n) is 15.2. The molecule has 0 bridgehead atoms. The number of carbonyl (C=O) groups excluding carboxylic acids is 1. The van der Waals surface area contributed by atoms with Gasteiger partial charge in [0.1, 0.15) is 17.7 Å². The summed E-state index contributed by atoms with van der Waals surface area (Å²) in [4.78, 5) is 26.8. The van der Waals surface area contributed by atoms with E-state index in [2.05, 4.69) is 29.9 Å². The van der Waals surface area contributed by atoms with Crippen LogP contribution in [0.4, 0.5) is 4.39 Å². The summed E-state index contributed by atoms with van der Waals surface area (Å²) < 4.78 is 32.1. The van der Waals surface area contributed by atoms with E-state index in [1.165, 1.54) is 12.1 Å². The predicted octanol–water partition coefficient (Wildman–Crippen LogP) is 7.61. The molecular weight excluding hydrogens is 545 g/mol. The second kappa shape index (κ2) is 12.2. The fourth-order valence-electron chi connectivity index (χ4n) is 6.03. The van der Waals surface area contributed by atoms with Crippen LogP contribution in [0.5, 0.6) is 0 Å². The molecule has 0 spiro atoms. The Morgan fingerprint density at radius 2 is 1.91 bits per heavy atom. The summed E-state index contributed by atoms with van der Waals surface area (Å²) in [6.07, 6.45) is 10.1. The van der Waals surface area contributed by atoms with Crippen LogP contribution in [0.1, 0.15) is 96.2 Å². The number of esters is 1. The minimum atomic E-state index is -0.879. The van der Waals surface area contributed by atoms with Crippen molar-refractivity contribution in [3.05, 3.63) is 71.2 Å². The maximum Gasteiger partial charge on any atom is 0.308 e. The van der Waals surface area contributed by atoms with Gasteiger partial charge in [0.2, 0.25) is 0 Å². The highest BCUT2D eigenvalue weighted by Gasteiger charge is 2.36. The van der Waals surface area contributed by atoms with E-state index in [4.69, 9.17) is 19.2 Å². The van der Waals surface area contributed by atoms with E-state index in [1.54, 1.807) is 6.33 Å². The van der Waals surface area contributed by atoms with Gasteiger partial charge in [-0.1, -0.05) is 38.1 Å². The standard InChI is InChI=1S/C35H42FN3O4/c1-21(2)32-27(16-15-24-17-25(42-35(6,7)41-24)18-30(40)43-34(3,4)5)31(22-11-13-23(36)14-12-22)26-9-8-10-29-28(33(26)39-32)19-37-20-38-29/h11-16,19-21,24-25H,8-10,17-18H2,1-7H3/t24-,25-/m1/s1. The van der Waals surface area contributed by atoms with Crippen LogP contribution in [0.3, 0.4) is 0 Å². The molecular formula is C35H42FN3O4. The highest BCUT2D eigenvalue weighted by Crippen LogP contribution is 2.42. The van der Waals surface area contributed by atoms with Crippen LogP contribution in [0.2, 0.25) is 0 Å². The summed E-state index contributed by atoms with van der Waals surface area (Å²) in [7, 11) is 0. The molecule has 1 aliphatic carbocycles. The maximum atomic E-state index is 14.1. The number of hydrogen-bond donors (Lipinski definition) is 0. The summed E-state index contributed by atoms with van der Waals surface area (Å²) in [5.74, 6) is -1.35. The SMILES string of the molecule is CC(C)c1nc2c(c(-c3ccc(F)cc3)c1C=C[C@@H]1C[C@H](CC(=O)OC(C)(C)C)OC(C)(C)O1)CCCc1ncncc1-2. The van der Waals surface area contributed by atoms with E-state index in [0.29, 0.717) is 6.42 Å². The van der Waals surface area contributed by atoms with Crippen LogP contribution < -0.4 is 0 Å². The van der Waals surface area contributed by atoms with Gasteiger partial charge < -0.3 is 14.2 Å². The molecule has 2 aliphatic rings. The lowest BCUT2D eigenvalue weighted by Crippen LogP contribution is -2.45. The zero-order valence-electron chi connectivity index (χ0n) is 26.2. The number of hydrogen-bond acceptors (Lipinski definition) is 7. The molecule has 0 amide bonds. The number of carbonyl (C=O) groups is 1. The van der Waals surface area contributed by atoms with E-state index in [-0.39, 0.29) is 36.3 Å². The Bertz CT molecular complexity index is 1510. The summed E-state index contributed by atoms with van der Waals surface area (Å²) in [6.45, 7) is 13.6. The molecule has 2 aromatic heterocycles. The average Bonchev–Trinajstić information content (AvgIpc) is 3.09. The maximum absolute atomic E-state index is 14.1. The van der Waals surface area contributed by atoms with Crippen LogP contribution in [-0.4, -0.2) is 44.5 Å². The molecule has 3 heterocycles. The molecule has 3 aromatic rings. The number of aromatic nitrogens is 3. The lowest BCUT2D eigenvalue weighted by molar-refractivity contribution is -0.290. The zero-order chi connectivity index (χ0) is 30.9. The van der Waals surface area contributed by atoms with Gasteiger partial charge in [0, 0.05) is 23.7 Å². The van der Waals surface area contributed by atoms with Crippen molar-refractivity contribution in [3.8, 4) is 22.4 Å². The monoisotopic (exact) mass is 587 g/mol. The van der Waals surface area contributed by atoms with Crippen LogP contribution in [0, 0.1) is 5.82 Å². The van der Waals surface area contributed by atoms with Gasteiger partial charge in [0.15, 0.2) is 5.79 Å². The van der Waals surface area contributed by atoms with Crippen molar-refractivity contribution in [2.75, 3.05) is 0 Å². The number of ether oxygens (including phenoxy) is 3. The highest BCUT2D eigenvalue weighted by molar-refractivity contribution is 5.85. The molecule has 1 aliphatic heterocycles. The fourth-order valence-corrected chi connectivity index (χ4v) is 6.03. The van der Waals surface area contributed by atoms with Crippen molar-refractivity contribution < 1.29 is 23.4 Å². The van der Waals surface area contributed by atoms with E-state index in [0.717, 1.165) is 64.2 Å². The molecule has 8 heteroatoms.